The number of amides is 1. The minimum atomic E-state index is -3.45. The molecule has 1 fully saturated rings. The van der Waals surface area contributed by atoms with Crippen LogP contribution in [0.5, 0.6) is 0 Å². The third kappa shape index (κ3) is 5.25. The lowest BCUT2D eigenvalue weighted by Gasteiger charge is -2.25. The summed E-state index contributed by atoms with van der Waals surface area (Å²) in [5, 5.41) is 2.85. The van der Waals surface area contributed by atoms with Crippen molar-refractivity contribution in [3.05, 3.63) is 53.6 Å². The van der Waals surface area contributed by atoms with Crippen LogP contribution in [0.25, 0.3) is 0 Å². The van der Waals surface area contributed by atoms with E-state index in [4.69, 9.17) is 5.73 Å². The second-order valence-electron chi connectivity index (χ2n) is 6.91. The van der Waals surface area contributed by atoms with Crippen molar-refractivity contribution < 1.29 is 13.2 Å². The molecule has 2 aromatic rings. The lowest BCUT2D eigenvalue weighted by Crippen LogP contribution is -2.35. The van der Waals surface area contributed by atoms with Crippen LogP contribution in [0.15, 0.2) is 47.4 Å². The summed E-state index contributed by atoms with van der Waals surface area (Å²) in [4.78, 5) is 12.6. The number of anilines is 2. The molecule has 0 aromatic heterocycles. The van der Waals surface area contributed by atoms with Gasteiger partial charge in [-0.3, -0.25) is 4.79 Å². The van der Waals surface area contributed by atoms with Gasteiger partial charge in [-0.1, -0.05) is 24.6 Å². The quantitative estimate of drug-likeness (QED) is 0.721. The lowest BCUT2D eigenvalue weighted by molar-refractivity contribution is -0.115. The Labute approximate surface area is 172 Å². The van der Waals surface area contributed by atoms with Crippen LogP contribution in [0, 0.1) is 6.92 Å². The number of nitrogen functional groups attached to an aromatic ring is 1. The smallest absolute Gasteiger partial charge is 0.243 e. The van der Waals surface area contributed by atoms with Crippen LogP contribution in [0.2, 0.25) is 0 Å². The molecule has 1 heterocycles. The number of carbonyl (C=O) groups excluding carboxylic acids is 1. The van der Waals surface area contributed by atoms with Crippen molar-refractivity contribution in [1.82, 2.24) is 4.31 Å². The van der Waals surface area contributed by atoms with Crippen molar-refractivity contribution in [2.45, 2.75) is 37.5 Å². The number of nitrogens with one attached hydrogen (secondary N) is 1. The highest BCUT2D eigenvalue weighted by Gasteiger charge is 2.25. The molecule has 1 aliphatic heterocycles. The van der Waals surface area contributed by atoms with Gasteiger partial charge in [-0.2, -0.15) is 4.31 Å². The van der Waals surface area contributed by atoms with Crippen molar-refractivity contribution in [3.8, 4) is 0 Å². The Balaban J connectivity index is 0.00000280. The largest absolute Gasteiger partial charge is 0.399 e. The minimum Gasteiger partial charge on any atom is -0.399 e. The number of nitrogens with zero attached hydrogens (tertiary/aromatic N) is 1. The van der Waals surface area contributed by atoms with Gasteiger partial charge in [0.1, 0.15) is 0 Å². The first-order valence-electron chi connectivity index (χ1n) is 9.11. The molecule has 0 spiro atoms. The normalized spacial score (nSPS) is 14.9. The van der Waals surface area contributed by atoms with Gasteiger partial charge in [0.15, 0.2) is 0 Å². The highest BCUT2D eigenvalue weighted by Crippen LogP contribution is 2.22. The van der Waals surface area contributed by atoms with E-state index in [-0.39, 0.29) is 29.6 Å². The van der Waals surface area contributed by atoms with Crippen LogP contribution in [0.4, 0.5) is 11.4 Å². The number of carbonyl (C=O) groups is 1. The Morgan fingerprint density at radius 3 is 2.36 bits per heavy atom. The molecular formula is C20H26ClN3O3S. The highest BCUT2D eigenvalue weighted by molar-refractivity contribution is 7.89. The first-order chi connectivity index (χ1) is 12.9. The fraction of sp³-hybridized carbons (Fsp3) is 0.350. The molecule has 0 unspecified atom stereocenters. The number of halogens is 1. The average molecular weight is 424 g/mol. The summed E-state index contributed by atoms with van der Waals surface area (Å²) in [7, 11) is -3.45. The summed E-state index contributed by atoms with van der Waals surface area (Å²) in [6.45, 7) is 3.05. The second kappa shape index (κ2) is 9.41. The van der Waals surface area contributed by atoms with Gasteiger partial charge in [0.2, 0.25) is 15.9 Å². The average Bonchev–Trinajstić information content (AvgIpc) is 2.66. The fourth-order valence-corrected chi connectivity index (χ4v) is 4.70. The predicted octanol–water partition coefficient (Wildman–Crippen LogP) is 3.35. The number of benzene rings is 2. The number of piperidine rings is 1. The maximum Gasteiger partial charge on any atom is 0.243 e. The minimum absolute atomic E-state index is 0. The molecule has 3 rings (SSSR count). The van der Waals surface area contributed by atoms with Gasteiger partial charge < -0.3 is 11.1 Å². The summed E-state index contributed by atoms with van der Waals surface area (Å²) in [5.74, 6) is -0.171. The van der Waals surface area contributed by atoms with E-state index in [2.05, 4.69) is 5.32 Å². The van der Waals surface area contributed by atoms with E-state index in [0.29, 0.717) is 24.5 Å². The van der Waals surface area contributed by atoms with E-state index in [1.165, 1.54) is 0 Å². The monoisotopic (exact) mass is 423 g/mol. The number of sulfonamides is 1. The number of hydrogen-bond donors (Lipinski definition) is 2. The van der Waals surface area contributed by atoms with Crippen molar-refractivity contribution >= 4 is 39.7 Å². The van der Waals surface area contributed by atoms with Crippen molar-refractivity contribution in [3.63, 3.8) is 0 Å². The van der Waals surface area contributed by atoms with E-state index < -0.39 is 10.0 Å². The Hall–Kier alpha value is -2.09. The number of rotatable bonds is 5. The number of nitrogens with two attached hydrogens (primary N) is 1. The summed E-state index contributed by atoms with van der Waals surface area (Å²) in [6.07, 6.45) is 3.05. The van der Waals surface area contributed by atoms with E-state index in [1.54, 1.807) is 40.7 Å². The van der Waals surface area contributed by atoms with E-state index in [0.717, 1.165) is 30.4 Å². The van der Waals surface area contributed by atoms with Crippen LogP contribution < -0.4 is 11.1 Å². The molecule has 1 amide bonds. The van der Waals surface area contributed by atoms with E-state index in [1.807, 2.05) is 13.0 Å². The lowest BCUT2D eigenvalue weighted by atomic mass is 10.1. The number of hydrogen-bond acceptors (Lipinski definition) is 4. The number of aryl methyl sites for hydroxylation is 1. The molecule has 1 aliphatic rings. The van der Waals surface area contributed by atoms with Crippen LogP contribution in [-0.2, 0) is 21.2 Å². The first-order valence-corrected chi connectivity index (χ1v) is 10.6. The highest BCUT2D eigenvalue weighted by atomic mass is 35.5. The van der Waals surface area contributed by atoms with Gasteiger partial charge in [0.05, 0.1) is 11.3 Å². The molecule has 8 heteroatoms. The van der Waals surface area contributed by atoms with Gasteiger partial charge in [0, 0.05) is 24.5 Å². The summed E-state index contributed by atoms with van der Waals surface area (Å²) in [5.41, 5.74) is 8.72. The maximum absolute atomic E-state index is 12.7. The fourth-order valence-electron chi connectivity index (χ4n) is 3.19. The first kappa shape index (κ1) is 22.2. The molecule has 1 saturated heterocycles. The van der Waals surface area contributed by atoms with Crippen LogP contribution in [0.3, 0.4) is 0 Å². The zero-order valence-electron chi connectivity index (χ0n) is 15.8. The standard InChI is InChI=1S/C20H25N3O3S.ClH/c1-15-5-8-17(21)14-19(15)22-20(24)13-16-6-9-18(10-7-16)27(25,26)23-11-3-2-4-12-23;/h5-10,14H,2-4,11-13,21H2,1H3,(H,22,24);1H. The van der Waals surface area contributed by atoms with E-state index in [9.17, 15) is 13.2 Å². The van der Waals surface area contributed by atoms with Gasteiger partial charge in [0.25, 0.3) is 0 Å². The van der Waals surface area contributed by atoms with Gasteiger partial charge in [-0.15, -0.1) is 12.4 Å². The molecule has 0 aliphatic carbocycles. The Morgan fingerprint density at radius 2 is 1.71 bits per heavy atom. The molecule has 0 atom stereocenters. The Kier molecular flexibility index (Phi) is 7.46. The summed E-state index contributed by atoms with van der Waals surface area (Å²) < 4.78 is 26.9. The molecule has 0 radical (unpaired) electrons. The molecule has 2 aromatic carbocycles. The Morgan fingerprint density at radius 1 is 1.07 bits per heavy atom. The van der Waals surface area contributed by atoms with Crippen LogP contribution in [-0.4, -0.2) is 31.7 Å². The Bertz CT molecular complexity index is 924. The van der Waals surface area contributed by atoms with Crippen molar-refractivity contribution in [1.29, 1.82) is 0 Å². The van der Waals surface area contributed by atoms with Crippen molar-refractivity contribution in [2.75, 3.05) is 24.1 Å². The maximum atomic E-state index is 12.7. The topological polar surface area (TPSA) is 92.5 Å². The van der Waals surface area contributed by atoms with Gasteiger partial charge in [-0.05, 0) is 55.2 Å². The molecule has 6 nitrogen and oxygen atoms in total. The predicted molar refractivity (Wildman–Crippen MR) is 114 cm³/mol. The molecule has 0 saturated carbocycles. The van der Waals surface area contributed by atoms with Crippen LogP contribution >= 0.6 is 12.4 Å². The SMILES string of the molecule is Cc1ccc(N)cc1NC(=O)Cc1ccc(S(=O)(=O)N2CCCCC2)cc1.Cl. The molecular weight excluding hydrogens is 398 g/mol. The van der Waals surface area contributed by atoms with E-state index >= 15 is 0 Å². The molecule has 152 valence electrons. The third-order valence-electron chi connectivity index (χ3n) is 4.78. The second-order valence-corrected chi connectivity index (χ2v) is 8.85. The third-order valence-corrected chi connectivity index (χ3v) is 6.69. The zero-order chi connectivity index (χ0) is 19.4. The van der Waals surface area contributed by atoms with Gasteiger partial charge in [-0.25, -0.2) is 8.42 Å². The molecule has 0 bridgehead atoms. The summed E-state index contributed by atoms with van der Waals surface area (Å²) >= 11 is 0. The van der Waals surface area contributed by atoms with Crippen LogP contribution in [0.1, 0.15) is 30.4 Å². The summed E-state index contributed by atoms with van der Waals surface area (Å²) in [6, 6.07) is 11.9. The molecule has 28 heavy (non-hydrogen) atoms. The molecule has 3 N–H and O–H groups in total. The van der Waals surface area contributed by atoms with Crippen molar-refractivity contribution in [2.24, 2.45) is 0 Å². The van der Waals surface area contributed by atoms with Gasteiger partial charge >= 0.3 is 0 Å². The zero-order valence-corrected chi connectivity index (χ0v) is 17.5.